The maximum atomic E-state index is 13.2. The van der Waals surface area contributed by atoms with Gasteiger partial charge in [-0.2, -0.15) is 0 Å². The molecule has 6 nitrogen and oxygen atoms in total. The molecule has 1 saturated heterocycles. The second-order valence-corrected chi connectivity index (χ2v) is 9.05. The summed E-state index contributed by atoms with van der Waals surface area (Å²) >= 11 is 1.59. The molecular formula is C26H26N4O2S. The average molecular weight is 459 g/mol. The second kappa shape index (κ2) is 10.1. The SMILES string of the molecule is O=C(NCc1ccccc1COCc1ccccc1)C1CCCN1c1ncnc2sccc12. The highest BCUT2D eigenvalue weighted by atomic mass is 32.1. The van der Waals surface area contributed by atoms with E-state index in [-0.39, 0.29) is 11.9 Å². The van der Waals surface area contributed by atoms with Crippen LogP contribution in [0, 0.1) is 0 Å². The summed E-state index contributed by atoms with van der Waals surface area (Å²) in [5.74, 6) is 0.892. The number of amides is 1. The van der Waals surface area contributed by atoms with Gasteiger partial charge in [0, 0.05) is 13.1 Å². The lowest BCUT2D eigenvalue weighted by Gasteiger charge is -2.25. The molecule has 0 radical (unpaired) electrons. The first-order chi connectivity index (χ1) is 16.3. The van der Waals surface area contributed by atoms with Crippen molar-refractivity contribution in [2.75, 3.05) is 11.4 Å². The van der Waals surface area contributed by atoms with Gasteiger partial charge in [0.1, 0.15) is 23.0 Å². The molecule has 168 valence electrons. The van der Waals surface area contributed by atoms with Crippen molar-refractivity contribution in [3.8, 4) is 0 Å². The van der Waals surface area contributed by atoms with E-state index in [1.54, 1.807) is 17.7 Å². The molecule has 5 rings (SSSR count). The molecule has 7 heteroatoms. The first-order valence-electron chi connectivity index (χ1n) is 11.2. The summed E-state index contributed by atoms with van der Waals surface area (Å²) in [6, 6.07) is 20.1. The maximum Gasteiger partial charge on any atom is 0.243 e. The van der Waals surface area contributed by atoms with Crippen LogP contribution in [0.4, 0.5) is 5.82 Å². The molecule has 1 atom stereocenters. The van der Waals surface area contributed by atoms with Crippen LogP contribution < -0.4 is 10.2 Å². The first-order valence-corrected chi connectivity index (χ1v) is 12.1. The number of ether oxygens (including phenoxy) is 1. The predicted octanol–water partition coefficient (Wildman–Crippen LogP) is 4.69. The quantitative estimate of drug-likeness (QED) is 0.415. The Labute approximate surface area is 197 Å². The number of carbonyl (C=O) groups is 1. The highest BCUT2D eigenvalue weighted by Crippen LogP contribution is 2.31. The fraction of sp³-hybridized carbons (Fsp3) is 0.269. The second-order valence-electron chi connectivity index (χ2n) is 8.15. The molecule has 3 heterocycles. The Morgan fingerprint density at radius 2 is 1.85 bits per heavy atom. The number of nitrogens with zero attached hydrogens (tertiary/aromatic N) is 3. The zero-order valence-electron chi connectivity index (χ0n) is 18.3. The summed E-state index contributed by atoms with van der Waals surface area (Å²) in [7, 11) is 0. The third-order valence-corrected chi connectivity index (χ3v) is 6.83. The molecule has 2 aromatic carbocycles. The number of thiophene rings is 1. The normalized spacial score (nSPS) is 15.8. The number of anilines is 1. The molecule has 1 aliphatic heterocycles. The third-order valence-electron chi connectivity index (χ3n) is 6.01. The van der Waals surface area contributed by atoms with Gasteiger partial charge in [0.2, 0.25) is 5.91 Å². The Bertz CT molecular complexity index is 1230. The van der Waals surface area contributed by atoms with Gasteiger partial charge < -0.3 is 15.0 Å². The molecule has 4 aromatic rings. The number of nitrogens with one attached hydrogen (secondary N) is 1. The van der Waals surface area contributed by atoms with Gasteiger partial charge in [0.15, 0.2) is 0 Å². The number of rotatable bonds is 8. The number of hydrogen-bond donors (Lipinski definition) is 1. The molecule has 2 aromatic heterocycles. The van der Waals surface area contributed by atoms with Crippen molar-refractivity contribution in [3.63, 3.8) is 0 Å². The van der Waals surface area contributed by atoms with Crippen LogP contribution in [0.3, 0.4) is 0 Å². The third kappa shape index (κ3) is 4.89. The van der Waals surface area contributed by atoms with E-state index in [0.29, 0.717) is 19.8 Å². The number of hydrogen-bond acceptors (Lipinski definition) is 6. The summed E-state index contributed by atoms with van der Waals surface area (Å²) in [5, 5.41) is 6.19. The van der Waals surface area contributed by atoms with Crippen molar-refractivity contribution in [3.05, 3.63) is 89.1 Å². The van der Waals surface area contributed by atoms with Crippen LogP contribution in [0.25, 0.3) is 10.2 Å². The van der Waals surface area contributed by atoms with Crippen molar-refractivity contribution in [2.24, 2.45) is 0 Å². The molecule has 0 saturated carbocycles. The van der Waals surface area contributed by atoms with Gasteiger partial charge in [-0.05, 0) is 41.0 Å². The lowest BCUT2D eigenvalue weighted by atomic mass is 10.1. The molecule has 1 N–H and O–H groups in total. The lowest BCUT2D eigenvalue weighted by molar-refractivity contribution is -0.122. The minimum Gasteiger partial charge on any atom is -0.372 e. The van der Waals surface area contributed by atoms with Crippen molar-refractivity contribution in [1.29, 1.82) is 0 Å². The lowest BCUT2D eigenvalue weighted by Crippen LogP contribution is -2.43. The summed E-state index contributed by atoms with van der Waals surface area (Å²) in [4.78, 5) is 25.1. The minimum atomic E-state index is -0.218. The first kappa shape index (κ1) is 21.6. The van der Waals surface area contributed by atoms with Crippen molar-refractivity contribution in [1.82, 2.24) is 15.3 Å². The average Bonchev–Trinajstić information content (AvgIpc) is 3.54. The molecule has 0 spiro atoms. The van der Waals surface area contributed by atoms with Gasteiger partial charge in [-0.1, -0.05) is 54.6 Å². The van der Waals surface area contributed by atoms with Crippen LogP contribution in [0.2, 0.25) is 0 Å². The molecule has 1 fully saturated rings. The number of aromatic nitrogens is 2. The van der Waals surface area contributed by atoms with Gasteiger partial charge in [0.05, 0.1) is 18.6 Å². The van der Waals surface area contributed by atoms with E-state index in [1.807, 2.05) is 47.8 Å². The van der Waals surface area contributed by atoms with E-state index in [0.717, 1.165) is 52.1 Å². The standard InChI is InChI=1S/C26H26N4O2S/c31-25(23-11-6-13-30(23)24-22-12-14-33-26(22)29-18-28-24)27-15-20-9-4-5-10-21(20)17-32-16-19-7-2-1-3-8-19/h1-5,7-10,12,14,18,23H,6,11,13,15-17H2,(H,27,31). The van der Waals surface area contributed by atoms with Crippen LogP contribution in [0.15, 0.2) is 72.4 Å². The Balaban J connectivity index is 1.22. The number of fused-ring (bicyclic) bond motifs is 1. The number of benzene rings is 2. The predicted molar refractivity (Wildman–Crippen MR) is 131 cm³/mol. The Hall–Kier alpha value is -3.29. The molecule has 33 heavy (non-hydrogen) atoms. The fourth-order valence-corrected chi connectivity index (χ4v) is 5.05. The Morgan fingerprint density at radius 1 is 1.03 bits per heavy atom. The molecule has 1 aliphatic rings. The van der Waals surface area contributed by atoms with E-state index in [4.69, 9.17) is 4.74 Å². The summed E-state index contributed by atoms with van der Waals surface area (Å²) < 4.78 is 5.93. The van der Waals surface area contributed by atoms with Gasteiger partial charge in [0.25, 0.3) is 0 Å². The van der Waals surface area contributed by atoms with Gasteiger partial charge in [-0.15, -0.1) is 11.3 Å². The molecule has 1 unspecified atom stereocenters. The smallest absolute Gasteiger partial charge is 0.243 e. The van der Waals surface area contributed by atoms with Crippen molar-refractivity contribution in [2.45, 2.75) is 38.6 Å². The summed E-state index contributed by atoms with van der Waals surface area (Å²) in [6.07, 6.45) is 3.38. The minimum absolute atomic E-state index is 0.0366. The van der Waals surface area contributed by atoms with E-state index >= 15 is 0 Å². The highest BCUT2D eigenvalue weighted by molar-refractivity contribution is 7.16. The monoisotopic (exact) mass is 458 g/mol. The zero-order chi connectivity index (χ0) is 22.5. The van der Waals surface area contributed by atoms with E-state index in [2.05, 4.69) is 38.4 Å². The fourth-order valence-electron chi connectivity index (χ4n) is 4.32. The highest BCUT2D eigenvalue weighted by Gasteiger charge is 2.32. The van der Waals surface area contributed by atoms with Crippen LogP contribution in [0.5, 0.6) is 0 Å². The van der Waals surface area contributed by atoms with E-state index in [9.17, 15) is 4.79 Å². The topological polar surface area (TPSA) is 67.3 Å². The summed E-state index contributed by atoms with van der Waals surface area (Å²) in [6.45, 7) is 2.37. The molecular weight excluding hydrogens is 432 g/mol. The van der Waals surface area contributed by atoms with Crippen LogP contribution in [-0.4, -0.2) is 28.5 Å². The van der Waals surface area contributed by atoms with Crippen LogP contribution in [0.1, 0.15) is 29.5 Å². The number of carbonyl (C=O) groups excluding carboxylic acids is 1. The van der Waals surface area contributed by atoms with Gasteiger partial charge in [-0.25, -0.2) is 9.97 Å². The molecule has 0 bridgehead atoms. The zero-order valence-corrected chi connectivity index (χ0v) is 19.1. The van der Waals surface area contributed by atoms with Crippen molar-refractivity contribution < 1.29 is 9.53 Å². The Morgan fingerprint density at radius 3 is 2.73 bits per heavy atom. The van der Waals surface area contributed by atoms with Gasteiger partial charge >= 0.3 is 0 Å². The van der Waals surface area contributed by atoms with Crippen LogP contribution in [-0.2, 0) is 29.3 Å². The maximum absolute atomic E-state index is 13.2. The molecule has 0 aliphatic carbocycles. The van der Waals surface area contributed by atoms with Crippen LogP contribution >= 0.6 is 11.3 Å². The van der Waals surface area contributed by atoms with E-state index < -0.39 is 0 Å². The van der Waals surface area contributed by atoms with E-state index in [1.165, 1.54) is 0 Å². The van der Waals surface area contributed by atoms with Gasteiger partial charge in [-0.3, -0.25) is 4.79 Å². The summed E-state index contributed by atoms with van der Waals surface area (Å²) in [5.41, 5.74) is 3.31. The largest absolute Gasteiger partial charge is 0.372 e. The van der Waals surface area contributed by atoms with Crippen molar-refractivity contribution >= 4 is 33.3 Å². The Kier molecular flexibility index (Phi) is 6.60. The molecule has 1 amide bonds.